The Morgan fingerprint density at radius 1 is 0.339 bits per heavy atom. The second kappa shape index (κ2) is 16.4. The van der Waals surface area contributed by atoms with Gasteiger partial charge in [-0.1, -0.05) is 235 Å². The highest BCUT2D eigenvalue weighted by Gasteiger charge is 2.46. The molecule has 0 heterocycles. The molecule has 0 bridgehead atoms. The Balaban J connectivity index is 1.62. The zero-order chi connectivity index (χ0) is 38.8. The summed E-state index contributed by atoms with van der Waals surface area (Å²) in [5.41, 5.74) is 4.49. The molecule has 0 aliphatic rings. The summed E-state index contributed by atoms with van der Waals surface area (Å²) in [6.45, 7) is 15.1. The maximum Gasteiger partial charge on any atom is 0.0950 e. The molecule has 0 fully saturated rings. The Bertz CT molecular complexity index is 2460. The molecule has 3 heteroatoms. The monoisotopic (exact) mass is 778 g/mol. The third kappa shape index (κ3) is 6.79. The summed E-state index contributed by atoms with van der Waals surface area (Å²) in [6.07, 6.45) is 0. The summed E-state index contributed by atoms with van der Waals surface area (Å²) in [5, 5.41) is 15.4. The fraction of sp³-hybridized carbons (Fsp3) is 0.170. The van der Waals surface area contributed by atoms with Gasteiger partial charge < -0.3 is 0 Å². The minimum atomic E-state index is -2.15. The lowest BCUT2D eigenvalue weighted by Gasteiger charge is -2.45. The lowest BCUT2D eigenvalue weighted by atomic mass is 9.93. The summed E-state index contributed by atoms with van der Waals surface area (Å²) in [5.74, 6) is 0. The molecule has 0 atom stereocenters. The van der Waals surface area contributed by atoms with Crippen molar-refractivity contribution < 1.29 is 0 Å². The molecule has 0 nitrogen and oxygen atoms in total. The van der Waals surface area contributed by atoms with E-state index in [2.05, 4.69) is 230 Å². The number of rotatable bonds is 11. The van der Waals surface area contributed by atoms with Crippen molar-refractivity contribution in [3.8, 4) is 11.1 Å². The topological polar surface area (TPSA) is 0 Å². The Hall–Kier alpha value is -4.64. The van der Waals surface area contributed by atoms with Gasteiger partial charge in [-0.25, -0.2) is 0 Å². The Morgan fingerprint density at radius 2 is 0.696 bits per heavy atom. The van der Waals surface area contributed by atoms with Crippen molar-refractivity contribution in [2.24, 2.45) is 0 Å². The van der Waals surface area contributed by atoms with Crippen molar-refractivity contribution in [1.29, 1.82) is 0 Å². The second-order valence-corrected chi connectivity index (χ2v) is 26.2. The van der Waals surface area contributed by atoms with E-state index in [0.29, 0.717) is 16.6 Å². The van der Waals surface area contributed by atoms with Crippen LogP contribution in [-0.2, 0) is 0 Å². The van der Waals surface area contributed by atoms with Crippen LogP contribution in [0, 0.1) is 0 Å². The molecule has 0 amide bonds. The van der Waals surface area contributed by atoms with Gasteiger partial charge in [0.2, 0.25) is 0 Å². The third-order valence-corrected chi connectivity index (χ3v) is 24.1. The molecule has 8 aromatic rings. The van der Waals surface area contributed by atoms with E-state index in [9.17, 15) is 0 Å². The fourth-order valence-corrected chi connectivity index (χ4v) is 22.0. The first-order valence-corrected chi connectivity index (χ1v) is 25.1. The molecule has 0 aliphatic carbocycles. The van der Waals surface area contributed by atoms with E-state index < -0.39 is 23.9 Å². The first-order chi connectivity index (χ1) is 27.3. The maximum absolute atomic E-state index is 2.77. The van der Waals surface area contributed by atoms with E-state index in [1.54, 1.807) is 5.19 Å². The molecule has 0 N–H and O–H groups in total. The van der Waals surface area contributed by atoms with E-state index in [4.69, 9.17) is 0 Å². The van der Waals surface area contributed by atoms with E-state index in [-0.39, 0.29) is 0 Å². The molecule has 8 aromatic carbocycles. The highest BCUT2D eigenvalue weighted by atomic mass is 31.1. The van der Waals surface area contributed by atoms with Gasteiger partial charge >= 0.3 is 0 Å². The molecular weight excluding hydrogens is 727 g/mol. The van der Waals surface area contributed by atoms with E-state index in [1.165, 1.54) is 64.5 Å². The molecule has 0 saturated carbocycles. The molecule has 0 saturated heterocycles. The van der Waals surface area contributed by atoms with Crippen molar-refractivity contribution in [2.75, 3.05) is 0 Å². The molecule has 0 unspecified atom stereocenters. The quantitative estimate of drug-likeness (QED) is 0.0906. The first-order valence-electron chi connectivity index (χ1n) is 20.2. The van der Waals surface area contributed by atoms with Gasteiger partial charge in [0, 0.05) is 0 Å². The van der Waals surface area contributed by atoms with E-state index in [1.807, 2.05) is 0 Å². The molecule has 0 spiro atoms. The molecule has 0 aliphatic heterocycles. The van der Waals surface area contributed by atoms with Crippen LogP contribution in [0.3, 0.4) is 0 Å². The number of hydrogen-bond donors (Lipinski definition) is 0. The predicted molar refractivity (Wildman–Crippen MR) is 255 cm³/mol. The van der Waals surface area contributed by atoms with Crippen molar-refractivity contribution in [2.45, 2.75) is 58.2 Å². The van der Waals surface area contributed by atoms with Gasteiger partial charge in [0.05, 0.1) is 8.07 Å². The van der Waals surface area contributed by atoms with Crippen LogP contribution in [0.15, 0.2) is 188 Å². The largest absolute Gasteiger partial charge is 0.0950 e. The molecule has 278 valence electrons. The normalized spacial score (nSPS) is 12.2. The number of benzene rings is 8. The standard InChI is InChI=1S/C53H52P2Si/c1-38(2)56(39(3)4,40(5)6)51-37-50(55(44-28-15-9-16-29-44)45-30-17-10-18-31-45)53(48-34-22-21-33-47(48)51)52-46-32-20-19-23-41(46)35-36-49(52)54(42-24-11-7-12-25-42)43-26-13-8-14-27-43/h7-40H,1-6H3. The zero-order valence-corrected chi connectivity index (χ0v) is 36.3. The Morgan fingerprint density at radius 3 is 1.14 bits per heavy atom. The summed E-state index contributed by atoms with van der Waals surface area (Å²) in [4.78, 5) is 0. The summed E-state index contributed by atoms with van der Waals surface area (Å²) in [7, 11) is -4.01. The van der Waals surface area contributed by atoms with Crippen molar-refractivity contribution >= 4 is 82.5 Å². The molecule has 0 aromatic heterocycles. The maximum atomic E-state index is 2.77. The number of fused-ring (bicyclic) bond motifs is 2. The molecule has 56 heavy (non-hydrogen) atoms. The minimum Gasteiger partial charge on any atom is -0.0648 e. The van der Waals surface area contributed by atoms with Crippen LogP contribution < -0.4 is 37.0 Å². The summed E-state index contributed by atoms with van der Waals surface area (Å²) >= 11 is 0. The van der Waals surface area contributed by atoms with Crippen LogP contribution in [0.1, 0.15) is 41.5 Å². The summed E-state index contributed by atoms with van der Waals surface area (Å²) in [6, 6.07) is 71.5. The average molecular weight is 779 g/mol. The number of hydrogen-bond acceptors (Lipinski definition) is 0. The summed E-state index contributed by atoms with van der Waals surface area (Å²) < 4.78 is 0. The van der Waals surface area contributed by atoms with Crippen molar-refractivity contribution in [3.05, 3.63) is 188 Å². The van der Waals surface area contributed by atoms with Crippen LogP contribution in [0.5, 0.6) is 0 Å². The highest BCUT2D eigenvalue weighted by molar-refractivity contribution is 7.81. The highest BCUT2D eigenvalue weighted by Crippen LogP contribution is 2.48. The van der Waals surface area contributed by atoms with Crippen LogP contribution in [0.2, 0.25) is 16.6 Å². The van der Waals surface area contributed by atoms with Crippen LogP contribution in [0.4, 0.5) is 0 Å². The Kier molecular flexibility index (Phi) is 11.2. The third-order valence-electron chi connectivity index (χ3n) is 12.1. The van der Waals surface area contributed by atoms with E-state index >= 15 is 0 Å². The smallest absolute Gasteiger partial charge is 0.0648 e. The van der Waals surface area contributed by atoms with Gasteiger partial charge in [-0.2, -0.15) is 0 Å². The van der Waals surface area contributed by atoms with Gasteiger partial charge in [0.15, 0.2) is 0 Å². The van der Waals surface area contributed by atoms with Crippen LogP contribution >= 0.6 is 15.8 Å². The average Bonchev–Trinajstić information content (AvgIpc) is 3.23. The lowest BCUT2D eigenvalue weighted by Crippen LogP contribution is -2.56. The van der Waals surface area contributed by atoms with Gasteiger partial charge in [0.1, 0.15) is 0 Å². The zero-order valence-electron chi connectivity index (χ0n) is 33.5. The first kappa shape index (κ1) is 38.2. The van der Waals surface area contributed by atoms with Gasteiger partial charge in [-0.3, -0.25) is 0 Å². The van der Waals surface area contributed by atoms with E-state index in [0.717, 1.165) is 0 Å². The fourth-order valence-electron chi connectivity index (χ4n) is 9.96. The van der Waals surface area contributed by atoms with Gasteiger partial charge in [-0.15, -0.1) is 0 Å². The van der Waals surface area contributed by atoms with Crippen molar-refractivity contribution in [3.63, 3.8) is 0 Å². The van der Waals surface area contributed by atoms with Crippen LogP contribution in [-0.4, -0.2) is 8.07 Å². The molecular formula is C53H52P2Si. The van der Waals surface area contributed by atoms with Gasteiger partial charge in [-0.05, 0) is 97.0 Å². The second-order valence-electron chi connectivity index (χ2n) is 16.0. The molecule has 8 rings (SSSR count). The van der Waals surface area contributed by atoms with Gasteiger partial charge in [0.25, 0.3) is 0 Å². The predicted octanol–water partition coefficient (Wildman–Crippen LogP) is 12.1. The van der Waals surface area contributed by atoms with Crippen LogP contribution in [0.25, 0.3) is 32.7 Å². The minimum absolute atomic E-state index is 0.571. The SMILES string of the molecule is CC(C)[Si](c1cc(P(c2ccccc2)c2ccccc2)c(-c2c(P(c3ccccc3)c3ccccc3)ccc3ccccc23)c2ccccc12)(C(C)C)C(C)C. The molecule has 0 radical (unpaired) electrons. The Labute approximate surface area is 338 Å². The van der Waals surface area contributed by atoms with Crippen molar-refractivity contribution in [1.82, 2.24) is 0 Å². The lowest BCUT2D eigenvalue weighted by molar-refractivity contribution is 0.836.